The van der Waals surface area contributed by atoms with Gasteiger partial charge in [-0.25, -0.2) is 0 Å². The molecule has 1 heterocycles. The summed E-state index contributed by atoms with van der Waals surface area (Å²) in [7, 11) is 1.61. The third kappa shape index (κ3) is 5.14. The summed E-state index contributed by atoms with van der Waals surface area (Å²) in [5.74, 6) is -0.236. The van der Waals surface area contributed by atoms with Crippen LogP contribution >= 0.6 is 11.3 Å². The monoisotopic (exact) mass is 272 g/mol. The molecule has 0 saturated carbocycles. The quantitative estimate of drug-likeness (QED) is 0.607. The zero-order valence-corrected chi connectivity index (χ0v) is 11.3. The maximum absolute atomic E-state index is 11.6. The molecule has 1 aromatic heterocycles. The molecule has 0 spiro atoms. The van der Waals surface area contributed by atoms with Gasteiger partial charge < -0.3 is 20.9 Å². The van der Waals surface area contributed by atoms with E-state index in [0.717, 1.165) is 12.0 Å². The first-order valence-corrected chi connectivity index (χ1v) is 6.81. The van der Waals surface area contributed by atoms with E-state index in [1.807, 2.05) is 16.8 Å². The van der Waals surface area contributed by atoms with Crippen molar-refractivity contribution in [2.75, 3.05) is 20.3 Å². The Bertz CT molecular complexity index is 343. The van der Waals surface area contributed by atoms with Gasteiger partial charge in [0.25, 0.3) is 0 Å². The lowest BCUT2D eigenvalue weighted by Crippen LogP contribution is -2.42. The van der Waals surface area contributed by atoms with Crippen molar-refractivity contribution >= 4 is 17.2 Å². The molecule has 102 valence electrons. The number of hydrogen-bond acceptors (Lipinski definition) is 5. The number of aliphatic hydroxyl groups is 1. The highest BCUT2D eigenvalue weighted by Gasteiger charge is 2.15. The summed E-state index contributed by atoms with van der Waals surface area (Å²) in [6.07, 6.45) is 0.651. The number of carbonyl (C=O) groups excluding carboxylic acids is 1. The fourth-order valence-corrected chi connectivity index (χ4v) is 2.20. The van der Waals surface area contributed by atoms with E-state index in [-0.39, 0.29) is 12.5 Å². The van der Waals surface area contributed by atoms with Crippen LogP contribution in [0.2, 0.25) is 0 Å². The highest BCUT2D eigenvalue weighted by atomic mass is 32.1. The summed E-state index contributed by atoms with van der Waals surface area (Å²) < 4.78 is 4.89. The van der Waals surface area contributed by atoms with Crippen LogP contribution in [0.15, 0.2) is 16.8 Å². The van der Waals surface area contributed by atoms with E-state index < -0.39 is 12.1 Å². The summed E-state index contributed by atoms with van der Waals surface area (Å²) >= 11 is 1.51. The number of ether oxygens (including phenoxy) is 1. The molecule has 1 rings (SSSR count). The molecular weight excluding hydrogens is 252 g/mol. The van der Waals surface area contributed by atoms with Gasteiger partial charge in [0.1, 0.15) is 0 Å². The predicted molar refractivity (Wildman–Crippen MR) is 71.4 cm³/mol. The molecule has 1 amide bonds. The first kappa shape index (κ1) is 15.1. The fourth-order valence-electron chi connectivity index (χ4n) is 1.49. The zero-order valence-electron chi connectivity index (χ0n) is 10.5. The van der Waals surface area contributed by atoms with Crippen molar-refractivity contribution in [3.8, 4) is 0 Å². The Labute approximate surface area is 111 Å². The molecule has 6 heteroatoms. The molecule has 0 radical (unpaired) electrons. The average molecular weight is 272 g/mol. The molecule has 4 N–H and O–H groups in total. The Morgan fingerprint density at radius 3 is 3.06 bits per heavy atom. The summed E-state index contributed by atoms with van der Waals surface area (Å²) in [5, 5.41) is 16.2. The van der Waals surface area contributed by atoms with Crippen molar-refractivity contribution in [1.82, 2.24) is 5.32 Å². The number of hydrogen-bond donors (Lipinski definition) is 3. The molecule has 2 atom stereocenters. The molecule has 0 fully saturated rings. The van der Waals surface area contributed by atoms with E-state index in [9.17, 15) is 9.90 Å². The summed E-state index contributed by atoms with van der Waals surface area (Å²) in [6.45, 7) is 0.784. The predicted octanol–water partition coefficient (Wildman–Crippen LogP) is 0.652. The highest BCUT2D eigenvalue weighted by Crippen LogP contribution is 2.15. The number of nitrogens with two attached hydrogens (primary N) is 1. The standard InChI is InChI=1S/C12H20N2O3S/c1-17-5-2-3-10(13)12(16)14-7-11(15)9-4-6-18-8-9/h4,6,8,10-11,15H,2-3,5,7,13H2,1H3,(H,14,16). The van der Waals surface area contributed by atoms with Gasteiger partial charge in [-0.2, -0.15) is 11.3 Å². The minimum absolute atomic E-state index is 0.188. The van der Waals surface area contributed by atoms with Crippen molar-refractivity contribution in [2.45, 2.75) is 25.0 Å². The Balaban J connectivity index is 2.23. The SMILES string of the molecule is COCCCC(N)C(=O)NCC(O)c1ccsc1. The van der Waals surface area contributed by atoms with E-state index >= 15 is 0 Å². The van der Waals surface area contributed by atoms with Crippen LogP contribution in [0.5, 0.6) is 0 Å². The van der Waals surface area contributed by atoms with E-state index in [1.165, 1.54) is 11.3 Å². The van der Waals surface area contributed by atoms with Gasteiger partial charge in [0, 0.05) is 20.3 Å². The largest absolute Gasteiger partial charge is 0.387 e. The maximum Gasteiger partial charge on any atom is 0.237 e. The van der Waals surface area contributed by atoms with E-state index in [4.69, 9.17) is 10.5 Å². The Kier molecular flexibility index (Phi) is 6.89. The van der Waals surface area contributed by atoms with Crippen LogP contribution in [0.4, 0.5) is 0 Å². The van der Waals surface area contributed by atoms with Crippen molar-refractivity contribution in [3.05, 3.63) is 22.4 Å². The zero-order chi connectivity index (χ0) is 13.4. The van der Waals surface area contributed by atoms with Gasteiger partial charge in [-0.1, -0.05) is 0 Å². The van der Waals surface area contributed by atoms with Crippen LogP contribution in [-0.4, -0.2) is 37.3 Å². The lowest BCUT2D eigenvalue weighted by atomic mass is 10.1. The van der Waals surface area contributed by atoms with Gasteiger partial charge in [0.15, 0.2) is 0 Å². The highest BCUT2D eigenvalue weighted by molar-refractivity contribution is 7.07. The first-order chi connectivity index (χ1) is 8.65. The van der Waals surface area contributed by atoms with Crippen molar-refractivity contribution < 1.29 is 14.6 Å². The van der Waals surface area contributed by atoms with Gasteiger partial charge in [-0.15, -0.1) is 0 Å². The third-order valence-electron chi connectivity index (χ3n) is 2.60. The molecule has 0 aliphatic rings. The Hall–Kier alpha value is -0.950. The number of carbonyl (C=O) groups is 1. The lowest BCUT2D eigenvalue weighted by Gasteiger charge is -2.14. The third-order valence-corrected chi connectivity index (χ3v) is 3.30. The number of methoxy groups -OCH3 is 1. The molecule has 0 bridgehead atoms. The van der Waals surface area contributed by atoms with E-state index in [1.54, 1.807) is 7.11 Å². The summed E-state index contributed by atoms with van der Waals surface area (Å²) in [6, 6.07) is 1.29. The van der Waals surface area contributed by atoms with Crippen LogP contribution in [0.3, 0.4) is 0 Å². The van der Waals surface area contributed by atoms with Crippen LogP contribution in [0, 0.1) is 0 Å². The van der Waals surface area contributed by atoms with Crippen LogP contribution < -0.4 is 11.1 Å². The summed E-state index contributed by atoms with van der Waals surface area (Å²) in [4.78, 5) is 11.6. The molecule has 0 aliphatic heterocycles. The molecule has 0 aromatic carbocycles. The van der Waals surface area contributed by atoms with E-state index in [0.29, 0.717) is 13.0 Å². The van der Waals surface area contributed by atoms with Gasteiger partial charge >= 0.3 is 0 Å². The van der Waals surface area contributed by atoms with Crippen molar-refractivity contribution in [1.29, 1.82) is 0 Å². The lowest BCUT2D eigenvalue weighted by molar-refractivity contribution is -0.123. The van der Waals surface area contributed by atoms with Crippen molar-refractivity contribution in [3.63, 3.8) is 0 Å². The number of nitrogens with one attached hydrogen (secondary N) is 1. The van der Waals surface area contributed by atoms with Gasteiger partial charge in [-0.05, 0) is 35.2 Å². The fraction of sp³-hybridized carbons (Fsp3) is 0.583. The molecule has 18 heavy (non-hydrogen) atoms. The number of thiophene rings is 1. The second-order valence-electron chi connectivity index (χ2n) is 4.06. The first-order valence-electron chi connectivity index (χ1n) is 5.87. The maximum atomic E-state index is 11.6. The molecule has 1 aromatic rings. The van der Waals surface area contributed by atoms with Gasteiger partial charge in [0.2, 0.25) is 5.91 Å². The molecular formula is C12H20N2O3S. The van der Waals surface area contributed by atoms with Crippen LogP contribution in [-0.2, 0) is 9.53 Å². The van der Waals surface area contributed by atoms with Crippen LogP contribution in [0.1, 0.15) is 24.5 Å². The molecule has 0 aliphatic carbocycles. The molecule has 5 nitrogen and oxygen atoms in total. The number of aliphatic hydroxyl groups excluding tert-OH is 1. The normalized spacial score (nSPS) is 14.2. The number of rotatable bonds is 8. The minimum atomic E-state index is -0.675. The number of amides is 1. The minimum Gasteiger partial charge on any atom is -0.387 e. The Morgan fingerprint density at radius 2 is 2.44 bits per heavy atom. The molecule has 0 saturated heterocycles. The smallest absolute Gasteiger partial charge is 0.237 e. The van der Waals surface area contributed by atoms with Gasteiger partial charge in [-0.3, -0.25) is 4.79 Å². The topological polar surface area (TPSA) is 84.6 Å². The second kappa shape index (κ2) is 8.20. The van der Waals surface area contributed by atoms with Crippen LogP contribution in [0.25, 0.3) is 0 Å². The molecule has 2 unspecified atom stereocenters. The second-order valence-corrected chi connectivity index (χ2v) is 4.84. The summed E-state index contributed by atoms with van der Waals surface area (Å²) in [5.41, 5.74) is 6.53. The van der Waals surface area contributed by atoms with Gasteiger partial charge in [0.05, 0.1) is 12.1 Å². The van der Waals surface area contributed by atoms with E-state index in [2.05, 4.69) is 5.32 Å². The van der Waals surface area contributed by atoms with Crippen molar-refractivity contribution in [2.24, 2.45) is 5.73 Å². The average Bonchev–Trinajstić information content (AvgIpc) is 2.89. The Morgan fingerprint density at radius 1 is 1.67 bits per heavy atom.